The Morgan fingerprint density at radius 1 is 1.08 bits per heavy atom. The molecule has 1 rings (SSSR count). The molecule has 0 aliphatic carbocycles. The largest absolute Gasteiger partial charge is 0.0691 e. The monoisotopic (exact) mass is 177 g/mol. The summed E-state index contributed by atoms with van der Waals surface area (Å²) in [7, 11) is -1.11. The topological polar surface area (TPSA) is 0 Å². The Balaban J connectivity index is 2.86. The van der Waals surface area contributed by atoms with Gasteiger partial charge in [0.15, 0.2) is 0 Å². The van der Waals surface area contributed by atoms with Crippen LogP contribution in [0.1, 0.15) is 11.1 Å². The average Bonchev–Trinajstić information content (AvgIpc) is 2.03. The van der Waals surface area contributed by atoms with E-state index in [0.29, 0.717) is 5.54 Å². The van der Waals surface area contributed by atoms with Crippen molar-refractivity contribution in [2.45, 2.75) is 25.2 Å². The Morgan fingerprint density at radius 3 is 2.00 bits per heavy atom. The van der Waals surface area contributed by atoms with Gasteiger partial charge in [-0.1, -0.05) is 50.0 Å². The Morgan fingerprint density at radius 2 is 1.58 bits per heavy atom. The summed E-state index contributed by atoms with van der Waals surface area (Å²) < 4.78 is 0. The lowest BCUT2D eigenvalue weighted by Crippen LogP contribution is -2.28. The van der Waals surface area contributed by atoms with Crippen molar-refractivity contribution in [1.82, 2.24) is 0 Å². The third-order valence-electron chi connectivity index (χ3n) is 2.25. The van der Waals surface area contributed by atoms with Gasteiger partial charge in [0.25, 0.3) is 0 Å². The Labute approximate surface area is 76.6 Å². The summed E-state index contributed by atoms with van der Waals surface area (Å²) in [6.07, 6.45) is 0. The molecule has 1 radical (unpaired) electrons. The van der Waals surface area contributed by atoms with E-state index in [2.05, 4.69) is 56.9 Å². The van der Waals surface area contributed by atoms with Crippen LogP contribution in [0, 0.1) is 6.92 Å². The van der Waals surface area contributed by atoms with E-state index >= 15 is 0 Å². The molecule has 0 amide bonds. The molecule has 0 nitrogen and oxygen atoms in total. The number of rotatable bonds is 2. The van der Waals surface area contributed by atoms with Crippen molar-refractivity contribution >= 4 is 8.07 Å². The van der Waals surface area contributed by atoms with Crippen molar-refractivity contribution in [2.75, 3.05) is 0 Å². The van der Waals surface area contributed by atoms with Gasteiger partial charge in [-0.2, -0.15) is 0 Å². The molecular formula is C11H17Si. The fourth-order valence-corrected chi connectivity index (χ4v) is 2.38. The van der Waals surface area contributed by atoms with Gasteiger partial charge in [0.2, 0.25) is 0 Å². The minimum absolute atomic E-state index is 0.513. The second-order valence-electron chi connectivity index (χ2n) is 4.33. The molecule has 0 bridgehead atoms. The average molecular weight is 177 g/mol. The maximum Gasteiger partial charge on any atom is 0.0521 e. The third-order valence-corrected chi connectivity index (χ3v) is 4.67. The predicted octanol–water partition coefficient (Wildman–Crippen LogP) is 3.48. The minimum Gasteiger partial charge on any atom is -0.0691 e. The number of hydrogen-bond donors (Lipinski definition) is 0. The lowest BCUT2D eigenvalue weighted by Gasteiger charge is -2.25. The smallest absolute Gasteiger partial charge is 0.0521 e. The van der Waals surface area contributed by atoms with Gasteiger partial charge in [-0.15, -0.1) is 0 Å². The van der Waals surface area contributed by atoms with Crippen molar-refractivity contribution in [3.63, 3.8) is 0 Å². The van der Waals surface area contributed by atoms with Crippen molar-refractivity contribution in [3.05, 3.63) is 42.8 Å². The van der Waals surface area contributed by atoms with Crippen molar-refractivity contribution in [3.8, 4) is 0 Å². The molecule has 0 saturated heterocycles. The lowest BCUT2D eigenvalue weighted by molar-refractivity contribution is 1.13. The molecule has 0 aliphatic heterocycles. The Bertz CT molecular complexity index is 233. The third kappa shape index (κ3) is 2.21. The van der Waals surface area contributed by atoms with Gasteiger partial charge in [0, 0.05) is 0 Å². The van der Waals surface area contributed by atoms with Crippen LogP contribution in [0.2, 0.25) is 19.6 Å². The van der Waals surface area contributed by atoms with Gasteiger partial charge in [0.05, 0.1) is 8.07 Å². The fourth-order valence-electron chi connectivity index (χ4n) is 1.19. The van der Waals surface area contributed by atoms with Gasteiger partial charge < -0.3 is 0 Å². The molecule has 0 N–H and O–H groups in total. The second kappa shape index (κ2) is 3.44. The van der Waals surface area contributed by atoms with Crippen LogP contribution in [-0.2, 0) is 0 Å². The first kappa shape index (κ1) is 9.52. The molecule has 1 atom stereocenters. The Kier molecular flexibility index (Phi) is 2.73. The minimum atomic E-state index is -1.11. The maximum atomic E-state index is 4.24. The van der Waals surface area contributed by atoms with E-state index in [-0.39, 0.29) is 0 Å². The van der Waals surface area contributed by atoms with Gasteiger partial charge in [-0.25, -0.2) is 0 Å². The van der Waals surface area contributed by atoms with Crippen LogP contribution in [0.5, 0.6) is 0 Å². The molecule has 1 aromatic rings. The molecular weight excluding hydrogens is 160 g/mol. The molecule has 1 aromatic carbocycles. The molecule has 0 heterocycles. The standard InChI is InChI=1S/C11H17Si/c1-10(12(2,3)4)11-8-6-5-7-9-11/h5-10H,1H2,2-4H3. The predicted molar refractivity (Wildman–Crippen MR) is 57.9 cm³/mol. The summed E-state index contributed by atoms with van der Waals surface area (Å²) in [5.74, 6) is 0. The van der Waals surface area contributed by atoms with Crippen molar-refractivity contribution in [2.24, 2.45) is 0 Å². The number of benzene rings is 1. The summed E-state index contributed by atoms with van der Waals surface area (Å²) in [5, 5.41) is 0. The first-order valence-electron chi connectivity index (χ1n) is 4.40. The van der Waals surface area contributed by atoms with Crippen LogP contribution < -0.4 is 0 Å². The fraction of sp³-hybridized carbons (Fsp3) is 0.364. The van der Waals surface area contributed by atoms with E-state index in [0.717, 1.165) is 0 Å². The summed E-state index contributed by atoms with van der Waals surface area (Å²) in [5.41, 5.74) is 1.90. The van der Waals surface area contributed by atoms with E-state index < -0.39 is 8.07 Å². The van der Waals surface area contributed by atoms with E-state index in [1.54, 1.807) is 0 Å². The molecule has 0 spiro atoms. The number of hydrogen-bond acceptors (Lipinski definition) is 0. The normalized spacial score (nSPS) is 14.3. The molecule has 0 aliphatic rings. The maximum absolute atomic E-state index is 4.24. The molecule has 0 fully saturated rings. The summed E-state index contributed by atoms with van der Waals surface area (Å²) >= 11 is 0. The van der Waals surface area contributed by atoms with E-state index in [9.17, 15) is 0 Å². The van der Waals surface area contributed by atoms with Crippen LogP contribution in [0.4, 0.5) is 0 Å². The van der Waals surface area contributed by atoms with E-state index in [1.165, 1.54) is 5.56 Å². The summed E-state index contributed by atoms with van der Waals surface area (Å²) in [6.45, 7) is 11.3. The van der Waals surface area contributed by atoms with Crippen molar-refractivity contribution < 1.29 is 0 Å². The van der Waals surface area contributed by atoms with Crippen LogP contribution in [0.25, 0.3) is 0 Å². The van der Waals surface area contributed by atoms with Crippen LogP contribution in [-0.4, -0.2) is 8.07 Å². The molecule has 1 heteroatoms. The quantitative estimate of drug-likeness (QED) is 0.607. The van der Waals surface area contributed by atoms with Gasteiger partial charge in [0.1, 0.15) is 0 Å². The summed E-state index contributed by atoms with van der Waals surface area (Å²) in [4.78, 5) is 0. The zero-order chi connectivity index (χ0) is 9.19. The highest BCUT2D eigenvalue weighted by Crippen LogP contribution is 2.25. The molecule has 12 heavy (non-hydrogen) atoms. The highest BCUT2D eigenvalue weighted by molar-refractivity contribution is 6.77. The molecule has 0 aromatic heterocycles. The van der Waals surface area contributed by atoms with Crippen molar-refractivity contribution in [1.29, 1.82) is 0 Å². The lowest BCUT2D eigenvalue weighted by atomic mass is 10.2. The van der Waals surface area contributed by atoms with Gasteiger partial charge in [-0.3, -0.25) is 0 Å². The first-order valence-corrected chi connectivity index (χ1v) is 7.97. The van der Waals surface area contributed by atoms with Crippen LogP contribution in [0.3, 0.4) is 0 Å². The summed E-state index contributed by atoms with van der Waals surface area (Å²) in [6, 6.07) is 10.6. The van der Waals surface area contributed by atoms with Crippen LogP contribution >= 0.6 is 0 Å². The zero-order valence-electron chi connectivity index (χ0n) is 8.17. The van der Waals surface area contributed by atoms with Gasteiger partial charge in [-0.05, 0) is 18.0 Å². The zero-order valence-corrected chi connectivity index (χ0v) is 9.17. The van der Waals surface area contributed by atoms with Crippen LogP contribution in [0.15, 0.2) is 30.3 Å². The Hall–Kier alpha value is -0.563. The highest BCUT2D eigenvalue weighted by atomic mass is 28.3. The second-order valence-corrected chi connectivity index (χ2v) is 9.76. The SMILES string of the molecule is [CH2]C(c1ccccc1)[Si](C)(C)C. The molecule has 1 unspecified atom stereocenters. The van der Waals surface area contributed by atoms with E-state index in [1.807, 2.05) is 0 Å². The molecule has 65 valence electrons. The molecule has 0 saturated carbocycles. The van der Waals surface area contributed by atoms with E-state index in [4.69, 9.17) is 0 Å². The highest BCUT2D eigenvalue weighted by Gasteiger charge is 2.23. The first-order chi connectivity index (χ1) is 5.52. The van der Waals surface area contributed by atoms with Gasteiger partial charge >= 0.3 is 0 Å².